The van der Waals surface area contributed by atoms with Crippen LogP contribution in [0.25, 0.3) is 10.9 Å². The van der Waals surface area contributed by atoms with Crippen LogP contribution in [0.5, 0.6) is 11.5 Å². The zero-order valence-electron chi connectivity index (χ0n) is 17.2. The van der Waals surface area contributed by atoms with Crippen LogP contribution in [0.1, 0.15) is 37.7 Å². The van der Waals surface area contributed by atoms with Crippen molar-refractivity contribution in [2.45, 2.75) is 32.1 Å². The fourth-order valence-electron chi connectivity index (χ4n) is 3.19. The van der Waals surface area contributed by atoms with Gasteiger partial charge in [0, 0.05) is 22.7 Å². The van der Waals surface area contributed by atoms with Crippen molar-refractivity contribution in [2.75, 3.05) is 24.8 Å². The van der Waals surface area contributed by atoms with Gasteiger partial charge in [-0.3, -0.25) is 0 Å². The summed E-state index contributed by atoms with van der Waals surface area (Å²) in [6, 6.07) is 11.5. The Bertz CT molecular complexity index is 1020. The van der Waals surface area contributed by atoms with Gasteiger partial charge in [0.25, 0.3) is 0 Å². The molecule has 0 spiro atoms. The standard InChI is InChI=1S/C24H27N3O2S/c1-3-18-10-9-11-19(14-18)27-24-20-15-23(29-12-7-5-4-6-8-13-30)22(28-2)16-21(20)25-17-26-24/h1,9-11,14-17,30H,4-8,12-13H2,2H3,(H,25,26,27). The second-order valence-electron chi connectivity index (χ2n) is 6.93. The molecule has 5 nitrogen and oxygen atoms in total. The minimum absolute atomic E-state index is 0.642. The van der Waals surface area contributed by atoms with E-state index in [9.17, 15) is 0 Å². The smallest absolute Gasteiger partial charge is 0.162 e. The molecule has 1 N–H and O–H groups in total. The fraction of sp³-hybridized carbons (Fsp3) is 0.333. The van der Waals surface area contributed by atoms with E-state index in [0.717, 1.165) is 40.7 Å². The van der Waals surface area contributed by atoms with Gasteiger partial charge in [-0.15, -0.1) is 6.42 Å². The number of aromatic nitrogens is 2. The number of unbranched alkanes of at least 4 members (excludes halogenated alkanes) is 4. The first-order valence-electron chi connectivity index (χ1n) is 10.1. The second-order valence-corrected chi connectivity index (χ2v) is 7.38. The molecule has 0 saturated heterocycles. The molecule has 0 fully saturated rings. The summed E-state index contributed by atoms with van der Waals surface area (Å²) >= 11 is 4.25. The van der Waals surface area contributed by atoms with Crippen LogP contribution in [0.3, 0.4) is 0 Å². The summed E-state index contributed by atoms with van der Waals surface area (Å²) < 4.78 is 11.6. The van der Waals surface area contributed by atoms with E-state index < -0.39 is 0 Å². The van der Waals surface area contributed by atoms with Crippen molar-refractivity contribution in [1.82, 2.24) is 9.97 Å². The van der Waals surface area contributed by atoms with Crippen LogP contribution in [0.2, 0.25) is 0 Å². The van der Waals surface area contributed by atoms with E-state index in [4.69, 9.17) is 15.9 Å². The van der Waals surface area contributed by atoms with Gasteiger partial charge in [-0.1, -0.05) is 31.2 Å². The van der Waals surface area contributed by atoms with Crippen molar-refractivity contribution in [1.29, 1.82) is 0 Å². The molecule has 2 aromatic carbocycles. The Morgan fingerprint density at radius 2 is 1.87 bits per heavy atom. The van der Waals surface area contributed by atoms with Gasteiger partial charge in [0.2, 0.25) is 0 Å². The maximum absolute atomic E-state index is 6.03. The molecule has 30 heavy (non-hydrogen) atoms. The molecule has 0 aliphatic heterocycles. The molecule has 0 saturated carbocycles. The molecule has 0 amide bonds. The first-order chi connectivity index (χ1) is 14.7. The van der Waals surface area contributed by atoms with Crippen molar-refractivity contribution in [3.63, 3.8) is 0 Å². The lowest BCUT2D eigenvalue weighted by Gasteiger charge is -2.14. The summed E-state index contributed by atoms with van der Waals surface area (Å²) in [5.41, 5.74) is 2.44. The van der Waals surface area contributed by atoms with E-state index >= 15 is 0 Å². The molecule has 0 aliphatic carbocycles. The summed E-state index contributed by atoms with van der Waals surface area (Å²) in [4.78, 5) is 8.80. The second kappa shape index (κ2) is 11.3. The number of rotatable bonds is 11. The van der Waals surface area contributed by atoms with Crippen LogP contribution in [0, 0.1) is 12.3 Å². The average Bonchev–Trinajstić information content (AvgIpc) is 2.78. The van der Waals surface area contributed by atoms with E-state index in [1.807, 2.05) is 36.4 Å². The third-order valence-electron chi connectivity index (χ3n) is 4.77. The lowest BCUT2D eigenvalue weighted by Crippen LogP contribution is -2.01. The van der Waals surface area contributed by atoms with Crippen LogP contribution >= 0.6 is 12.6 Å². The molecule has 6 heteroatoms. The molecule has 156 valence electrons. The number of nitrogens with one attached hydrogen (secondary N) is 1. The average molecular weight is 422 g/mol. The Hall–Kier alpha value is -2.91. The molecule has 1 heterocycles. The molecule has 0 radical (unpaired) electrons. The Morgan fingerprint density at radius 3 is 2.67 bits per heavy atom. The van der Waals surface area contributed by atoms with Crippen LogP contribution in [0.15, 0.2) is 42.7 Å². The first kappa shape index (κ1) is 21.8. The topological polar surface area (TPSA) is 56.3 Å². The molecule has 0 unspecified atom stereocenters. The van der Waals surface area contributed by atoms with E-state index in [2.05, 4.69) is 33.8 Å². The SMILES string of the molecule is C#Cc1cccc(Nc2ncnc3cc(OC)c(OCCCCCCCS)cc23)c1. The molecular formula is C24H27N3O2S. The number of hydrogen-bond donors (Lipinski definition) is 2. The number of thiol groups is 1. The number of fused-ring (bicyclic) bond motifs is 1. The van der Waals surface area contributed by atoms with E-state index in [1.165, 1.54) is 25.6 Å². The molecule has 0 atom stereocenters. The number of ether oxygens (including phenoxy) is 2. The molecule has 0 bridgehead atoms. The van der Waals surface area contributed by atoms with Gasteiger partial charge in [0.05, 0.1) is 19.2 Å². The van der Waals surface area contributed by atoms with Crippen molar-refractivity contribution in [2.24, 2.45) is 0 Å². The molecule has 0 aliphatic rings. The van der Waals surface area contributed by atoms with Gasteiger partial charge in [-0.25, -0.2) is 9.97 Å². The minimum Gasteiger partial charge on any atom is -0.493 e. The number of methoxy groups -OCH3 is 1. The number of hydrogen-bond acceptors (Lipinski definition) is 6. The van der Waals surface area contributed by atoms with Crippen molar-refractivity contribution < 1.29 is 9.47 Å². The minimum atomic E-state index is 0.642. The van der Waals surface area contributed by atoms with Gasteiger partial charge < -0.3 is 14.8 Å². The molecule has 1 aromatic heterocycles. The summed E-state index contributed by atoms with van der Waals surface area (Å²) in [6.07, 6.45) is 12.8. The predicted octanol–water partition coefficient (Wildman–Crippen LogP) is 5.62. The van der Waals surface area contributed by atoms with Gasteiger partial charge in [-0.2, -0.15) is 12.6 Å². The van der Waals surface area contributed by atoms with Crippen LogP contribution in [0.4, 0.5) is 11.5 Å². The quantitative estimate of drug-likeness (QED) is 0.239. The Morgan fingerprint density at radius 1 is 1.03 bits per heavy atom. The van der Waals surface area contributed by atoms with Crippen molar-refractivity contribution in [3.05, 3.63) is 48.3 Å². The van der Waals surface area contributed by atoms with Crippen molar-refractivity contribution in [3.8, 4) is 23.8 Å². The largest absolute Gasteiger partial charge is 0.493 e. The van der Waals surface area contributed by atoms with E-state index in [1.54, 1.807) is 7.11 Å². The third kappa shape index (κ3) is 5.80. The summed E-state index contributed by atoms with van der Waals surface area (Å²) in [5.74, 6) is 5.64. The zero-order valence-corrected chi connectivity index (χ0v) is 18.1. The van der Waals surface area contributed by atoms with E-state index in [0.29, 0.717) is 23.9 Å². The lowest BCUT2D eigenvalue weighted by atomic mass is 10.1. The van der Waals surface area contributed by atoms with Crippen LogP contribution in [-0.4, -0.2) is 29.4 Å². The monoisotopic (exact) mass is 421 g/mol. The summed E-state index contributed by atoms with van der Waals surface area (Å²) in [5, 5.41) is 4.19. The highest BCUT2D eigenvalue weighted by molar-refractivity contribution is 7.80. The summed E-state index contributed by atoms with van der Waals surface area (Å²) in [7, 11) is 1.64. The van der Waals surface area contributed by atoms with Gasteiger partial charge in [-0.05, 0) is 42.9 Å². The fourth-order valence-corrected chi connectivity index (χ4v) is 3.41. The van der Waals surface area contributed by atoms with Gasteiger partial charge >= 0.3 is 0 Å². The number of anilines is 2. The maximum atomic E-state index is 6.03. The first-order valence-corrected chi connectivity index (χ1v) is 10.8. The highest BCUT2D eigenvalue weighted by Crippen LogP contribution is 2.35. The third-order valence-corrected chi connectivity index (χ3v) is 5.09. The Labute approximate surface area is 183 Å². The summed E-state index contributed by atoms with van der Waals surface area (Å²) in [6.45, 7) is 0.642. The van der Waals surface area contributed by atoms with Gasteiger partial charge in [0.1, 0.15) is 12.1 Å². The van der Waals surface area contributed by atoms with Crippen LogP contribution in [-0.2, 0) is 0 Å². The van der Waals surface area contributed by atoms with E-state index in [-0.39, 0.29) is 0 Å². The number of nitrogens with zero attached hydrogens (tertiary/aromatic N) is 2. The molecule has 3 aromatic rings. The number of benzene rings is 2. The number of terminal acetylenes is 1. The van der Waals surface area contributed by atoms with Crippen LogP contribution < -0.4 is 14.8 Å². The van der Waals surface area contributed by atoms with Crippen molar-refractivity contribution >= 4 is 35.0 Å². The molecule has 3 rings (SSSR count). The normalized spacial score (nSPS) is 10.6. The maximum Gasteiger partial charge on any atom is 0.162 e. The Balaban J connectivity index is 1.77. The predicted molar refractivity (Wildman–Crippen MR) is 126 cm³/mol. The Kier molecular flexibility index (Phi) is 8.22. The molecular weight excluding hydrogens is 394 g/mol. The van der Waals surface area contributed by atoms with Gasteiger partial charge in [0.15, 0.2) is 11.5 Å². The zero-order chi connectivity index (χ0) is 21.2. The highest BCUT2D eigenvalue weighted by atomic mass is 32.1. The lowest BCUT2D eigenvalue weighted by molar-refractivity contribution is 0.285. The highest BCUT2D eigenvalue weighted by Gasteiger charge is 2.12.